The molecule has 2 aliphatic rings. The lowest BCUT2D eigenvalue weighted by atomic mass is 9.99. The van der Waals surface area contributed by atoms with Crippen LogP contribution in [0.3, 0.4) is 0 Å². The van der Waals surface area contributed by atoms with E-state index in [2.05, 4.69) is 32.1 Å². The van der Waals surface area contributed by atoms with Crippen LogP contribution in [0.5, 0.6) is 0 Å². The van der Waals surface area contributed by atoms with Crippen molar-refractivity contribution in [1.82, 2.24) is 19.3 Å². The highest BCUT2D eigenvalue weighted by Gasteiger charge is 2.42. The molecule has 1 aromatic carbocycles. The van der Waals surface area contributed by atoms with Crippen molar-refractivity contribution in [2.75, 3.05) is 43.9 Å². The van der Waals surface area contributed by atoms with Crippen molar-refractivity contribution in [3.05, 3.63) is 69.8 Å². The fraction of sp³-hybridized carbons (Fsp3) is 0.300. The molecule has 0 bridgehead atoms. The zero-order valence-corrected chi connectivity index (χ0v) is 22.8. The average molecular weight is 559 g/mol. The molecule has 9 nitrogen and oxygen atoms in total. The van der Waals surface area contributed by atoms with Crippen LogP contribution >= 0.6 is 0 Å². The second-order valence-electron chi connectivity index (χ2n) is 11.1. The number of hydrogen-bond acceptors (Lipinski definition) is 6. The van der Waals surface area contributed by atoms with Crippen molar-refractivity contribution in [3.8, 4) is 11.1 Å². The number of benzene rings is 1. The molecule has 11 heteroatoms. The smallest absolute Gasteiger partial charge is 0.341 e. The van der Waals surface area contributed by atoms with Gasteiger partial charge in [-0.3, -0.25) is 9.20 Å². The first-order valence-electron chi connectivity index (χ1n) is 13.5. The summed E-state index contributed by atoms with van der Waals surface area (Å²) in [4.78, 5) is 37.3. The van der Waals surface area contributed by atoms with Crippen LogP contribution in [0, 0.1) is 24.5 Å². The monoisotopic (exact) mass is 558 g/mol. The Kier molecular flexibility index (Phi) is 5.59. The molecule has 3 N–H and O–H groups in total. The lowest BCUT2D eigenvalue weighted by Gasteiger charge is -2.29. The number of carboxylic acids is 1. The van der Waals surface area contributed by atoms with Crippen molar-refractivity contribution in [2.45, 2.75) is 19.4 Å². The number of likely N-dealkylation sites (N-methyl/N-ethyl adjacent to an activating group) is 1. The highest BCUT2D eigenvalue weighted by atomic mass is 19.2. The third kappa shape index (κ3) is 3.65. The van der Waals surface area contributed by atoms with E-state index < -0.39 is 23.2 Å². The number of aryl methyl sites for hydroxylation is 1. The van der Waals surface area contributed by atoms with Gasteiger partial charge in [-0.1, -0.05) is 0 Å². The number of carbonyl (C=O) groups is 1. The molecule has 2 aliphatic heterocycles. The van der Waals surface area contributed by atoms with Crippen molar-refractivity contribution in [3.63, 3.8) is 0 Å². The van der Waals surface area contributed by atoms with Gasteiger partial charge in [0.1, 0.15) is 11.2 Å². The number of carboxylic acid groups (broad SMARTS) is 1. The Morgan fingerprint density at radius 1 is 1.20 bits per heavy atom. The number of pyridine rings is 3. The maximum Gasteiger partial charge on any atom is 0.341 e. The maximum absolute atomic E-state index is 15.7. The second-order valence-corrected chi connectivity index (χ2v) is 11.1. The van der Waals surface area contributed by atoms with Crippen LogP contribution in [0.4, 0.5) is 20.2 Å². The van der Waals surface area contributed by atoms with Crippen molar-refractivity contribution in [1.29, 1.82) is 0 Å². The molecule has 0 radical (unpaired) electrons. The molecule has 2 fully saturated rings. The van der Waals surface area contributed by atoms with Gasteiger partial charge < -0.3 is 25.2 Å². The van der Waals surface area contributed by atoms with Crippen molar-refractivity contribution in [2.24, 2.45) is 5.92 Å². The number of nitrogens with one attached hydrogen (secondary N) is 2. The minimum absolute atomic E-state index is 0.117. The van der Waals surface area contributed by atoms with Gasteiger partial charge in [0, 0.05) is 62.3 Å². The summed E-state index contributed by atoms with van der Waals surface area (Å²) in [6.45, 7) is 4.36. The Morgan fingerprint density at radius 3 is 2.76 bits per heavy atom. The molecule has 0 aliphatic carbocycles. The molecular weight excluding hydrogens is 530 g/mol. The number of rotatable bonds is 4. The topological polar surface area (TPSA) is 106 Å². The van der Waals surface area contributed by atoms with E-state index >= 15 is 4.39 Å². The fourth-order valence-corrected chi connectivity index (χ4v) is 6.90. The Morgan fingerprint density at radius 2 is 2.00 bits per heavy atom. The van der Waals surface area contributed by atoms with Gasteiger partial charge in [-0.15, -0.1) is 0 Å². The predicted molar refractivity (Wildman–Crippen MR) is 154 cm³/mol. The van der Waals surface area contributed by atoms with Crippen LogP contribution in [0.1, 0.15) is 22.3 Å². The number of fused-ring (bicyclic) bond motifs is 5. The molecule has 2 atom stereocenters. The number of aromatic carboxylic acids is 1. The summed E-state index contributed by atoms with van der Waals surface area (Å²) in [5.41, 5.74) is 3.62. The number of hydrogen-bond donors (Lipinski definition) is 3. The lowest BCUT2D eigenvalue weighted by molar-refractivity contribution is 0.0694. The van der Waals surface area contributed by atoms with Gasteiger partial charge in [0.15, 0.2) is 11.6 Å². The van der Waals surface area contributed by atoms with E-state index in [-0.39, 0.29) is 17.0 Å². The van der Waals surface area contributed by atoms with Crippen LogP contribution in [-0.2, 0) is 0 Å². The summed E-state index contributed by atoms with van der Waals surface area (Å²) in [6.07, 6.45) is 4.26. The normalized spacial score (nSPS) is 19.1. The van der Waals surface area contributed by atoms with Gasteiger partial charge >= 0.3 is 5.97 Å². The van der Waals surface area contributed by atoms with E-state index in [0.717, 1.165) is 43.4 Å². The minimum atomic E-state index is -1.30. The molecule has 6 heterocycles. The maximum atomic E-state index is 15.7. The fourth-order valence-electron chi connectivity index (χ4n) is 6.90. The van der Waals surface area contributed by atoms with Crippen LogP contribution in [0.15, 0.2) is 41.5 Å². The number of aromatic amines is 1. The highest BCUT2D eigenvalue weighted by molar-refractivity contribution is 6.18. The van der Waals surface area contributed by atoms with Gasteiger partial charge in [-0.2, -0.15) is 0 Å². The number of nitrogens with zero attached hydrogens (tertiary/aromatic N) is 4. The standard InChI is InChI=1S/C30H28F2N6O3/c1-14-8-16(12-38-21(14)5-4-17(29(38)39)30(40)41)18-10-34-28-24(23-25(32)19(31)9-20(33-2)26(23)35-28)27(18)37-7-6-15-11-36(3)13-22(15)37/h4-5,8-10,12,15,22,33H,6-7,11,13H2,1-3H3,(H,34,35)(H,40,41)/t15?,22-/m1/s1. The van der Waals surface area contributed by atoms with Crippen LogP contribution in [-0.4, -0.2) is 70.1 Å². The molecule has 0 spiro atoms. The van der Waals surface area contributed by atoms with E-state index in [9.17, 15) is 19.1 Å². The number of aromatic nitrogens is 3. The molecule has 210 valence electrons. The van der Waals surface area contributed by atoms with Gasteiger partial charge in [-0.25, -0.2) is 18.6 Å². The summed E-state index contributed by atoms with van der Waals surface area (Å²) in [5.74, 6) is -2.80. The molecule has 0 saturated carbocycles. The van der Waals surface area contributed by atoms with Gasteiger partial charge in [-0.05, 0) is 50.1 Å². The minimum Gasteiger partial charge on any atom is -0.477 e. The third-order valence-electron chi connectivity index (χ3n) is 8.75. The quantitative estimate of drug-likeness (QED) is 0.299. The summed E-state index contributed by atoms with van der Waals surface area (Å²) >= 11 is 0. The third-order valence-corrected chi connectivity index (χ3v) is 8.75. The first-order chi connectivity index (χ1) is 19.7. The first kappa shape index (κ1) is 25.5. The average Bonchev–Trinajstić information content (AvgIpc) is 3.62. The number of halogens is 2. The van der Waals surface area contributed by atoms with Crippen LogP contribution in [0.25, 0.3) is 38.6 Å². The van der Waals surface area contributed by atoms with E-state index in [0.29, 0.717) is 44.8 Å². The molecular formula is C30H28F2N6O3. The molecule has 41 heavy (non-hydrogen) atoms. The SMILES string of the molecule is CNc1cc(F)c(F)c2c1[nH]c1ncc(-c3cc(C)c4ccc(C(=O)O)c(=O)n4c3)c(N3CCC4CN(C)C[C@H]43)c12. The second kappa shape index (κ2) is 9.00. The summed E-state index contributed by atoms with van der Waals surface area (Å²) in [7, 11) is 3.73. The Bertz CT molecular complexity index is 1980. The number of likely N-dealkylation sites (tertiary alicyclic amines) is 1. The van der Waals surface area contributed by atoms with E-state index in [1.54, 1.807) is 25.5 Å². The Labute approximate surface area is 233 Å². The molecule has 7 rings (SSSR count). The summed E-state index contributed by atoms with van der Waals surface area (Å²) in [6, 6.07) is 6.14. The van der Waals surface area contributed by atoms with Crippen LogP contribution in [0.2, 0.25) is 0 Å². The van der Waals surface area contributed by atoms with Crippen molar-refractivity contribution < 1.29 is 18.7 Å². The zero-order valence-electron chi connectivity index (χ0n) is 22.8. The van der Waals surface area contributed by atoms with E-state index in [1.807, 2.05) is 13.0 Å². The molecule has 2 saturated heterocycles. The number of H-pyrrole nitrogens is 1. The van der Waals surface area contributed by atoms with E-state index in [1.165, 1.54) is 10.5 Å². The zero-order chi connectivity index (χ0) is 28.7. The Hall–Kier alpha value is -4.51. The first-order valence-corrected chi connectivity index (χ1v) is 13.5. The highest BCUT2D eigenvalue weighted by Crippen LogP contribution is 2.47. The van der Waals surface area contributed by atoms with Gasteiger partial charge in [0.05, 0.1) is 33.2 Å². The summed E-state index contributed by atoms with van der Waals surface area (Å²) < 4.78 is 31.9. The number of anilines is 2. The lowest BCUT2D eigenvalue weighted by Crippen LogP contribution is -2.35. The van der Waals surface area contributed by atoms with Gasteiger partial charge in [0.2, 0.25) is 0 Å². The van der Waals surface area contributed by atoms with Gasteiger partial charge in [0.25, 0.3) is 5.56 Å². The molecule has 5 aromatic rings. The van der Waals surface area contributed by atoms with Crippen molar-refractivity contribution >= 4 is 44.8 Å². The predicted octanol–water partition coefficient (Wildman–Crippen LogP) is 4.46. The Balaban J connectivity index is 1.59. The molecule has 1 unspecified atom stereocenters. The molecule has 0 amide bonds. The largest absolute Gasteiger partial charge is 0.477 e. The van der Waals surface area contributed by atoms with E-state index in [4.69, 9.17) is 0 Å². The molecule has 4 aromatic heterocycles. The summed E-state index contributed by atoms with van der Waals surface area (Å²) in [5, 5.41) is 13.1. The van der Waals surface area contributed by atoms with Crippen LogP contribution < -0.4 is 15.8 Å².